The minimum absolute atomic E-state index is 0.307. The van der Waals surface area contributed by atoms with Crippen molar-refractivity contribution in [2.75, 3.05) is 0 Å². The summed E-state index contributed by atoms with van der Waals surface area (Å²) in [6, 6.07) is 8.81. The Balaban J connectivity index is 2.56. The van der Waals surface area contributed by atoms with Crippen LogP contribution in [0.5, 0.6) is 0 Å². The molecule has 0 heterocycles. The molecule has 0 aliphatic carbocycles. The normalized spacial score (nSPS) is 10.4. The van der Waals surface area contributed by atoms with E-state index in [0.717, 1.165) is 6.07 Å². The van der Waals surface area contributed by atoms with Crippen molar-refractivity contribution in [3.63, 3.8) is 0 Å². The van der Waals surface area contributed by atoms with E-state index in [1.807, 2.05) is 0 Å². The van der Waals surface area contributed by atoms with Crippen LogP contribution in [0, 0.1) is 5.82 Å². The van der Waals surface area contributed by atoms with E-state index >= 15 is 0 Å². The molecule has 0 saturated heterocycles. The topological polar surface area (TPSA) is 37.3 Å². The molecule has 92 valence electrons. The lowest BCUT2D eigenvalue weighted by Gasteiger charge is -2.07. The number of hydrogen-bond donors (Lipinski definition) is 1. The number of carboxylic acid groups (broad SMARTS) is 1. The van der Waals surface area contributed by atoms with Crippen LogP contribution in [0.1, 0.15) is 10.4 Å². The molecule has 2 rings (SSSR count). The molecule has 0 aliphatic rings. The van der Waals surface area contributed by atoms with Crippen LogP contribution in [0.2, 0.25) is 10.0 Å². The molecule has 2 aromatic rings. The second-order valence-corrected chi connectivity index (χ2v) is 4.39. The Morgan fingerprint density at radius 2 is 1.89 bits per heavy atom. The molecule has 0 atom stereocenters. The standard InChI is InChI=1S/C13H7Cl2FO2/c14-10-3-1-2-8(12(10)15)7-4-5-9(13(17)18)11(16)6-7/h1-6H,(H,17,18). The quantitative estimate of drug-likeness (QED) is 0.882. The van der Waals surface area contributed by atoms with Gasteiger partial charge in [0.25, 0.3) is 0 Å². The number of hydrogen-bond acceptors (Lipinski definition) is 1. The molecular weight excluding hydrogens is 278 g/mol. The lowest BCUT2D eigenvalue weighted by molar-refractivity contribution is 0.0692. The van der Waals surface area contributed by atoms with Gasteiger partial charge >= 0.3 is 5.97 Å². The van der Waals surface area contributed by atoms with Crippen molar-refractivity contribution < 1.29 is 14.3 Å². The first-order valence-corrected chi connectivity index (χ1v) is 5.73. The lowest BCUT2D eigenvalue weighted by atomic mass is 10.0. The molecule has 0 aliphatic heterocycles. The number of halogens is 3. The highest BCUT2D eigenvalue weighted by atomic mass is 35.5. The van der Waals surface area contributed by atoms with Gasteiger partial charge in [0, 0.05) is 5.56 Å². The van der Waals surface area contributed by atoms with Gasteiger partial charge in [-0.25, -0.2) is 9.18 Å². The smallest absolute Gasteiger partial charge is 0.338 e. The molecule has 0 spiro atoms. The highest BCUT2D eigenvalue weighted by molar-refractivity contribution is 6.43. The van der Waals surface area contributed by atoms with Crippen LogP contribution in [-0.2, 0) is 0 Å². The average molecular weight is 285 g/mol. The molecule has 0 bridgehead atoms. The Kier molecular flexibility index (Phi) is 3.55. The Labute approximate surface area is 113 Å². The van der Waals surface area contributed by atoms with Crippen molar-refractivity contribution in [2.24, 2.45) is 0 Å². The highest BCUT2D eigenvalue weighted by Crippen LogP contribution is 2.33. The maximum absolute atomic E-state index is 13.6. The minimum atomic E-state index is -1.31. The average Bonchev–Trinajstić information content (AvgIpc) is 2.32. The zero-order chi connectivity index (χ0) is 13.3. The molecule has 0 saturated carbocycles. The third kappa shape index (κ3) is 2.33. The van der Waals surface area contributed by atoms with E-state index in [0.29, 0.717) is 21.2 Å². The van der Waals surface area contributed by atoms with E-state index in [1.165, 1.54) is 12.1 Å². The molecule has 2 aromatic carbocycles. The summed E-state index contributed by atoms with van der Waals surface area (Å²) in [5, 5.41) is 9.40. The van der Waals surface area contributed by atoms with Crippen LogP contribution in [0.25, 0.3) is 11.1 Å². The van der Waals surface area contributed by atoms with Crippen molar-refractivity contribution in [3.05, 3.63) is 57.8 Å². The number of benzene rings is 2. The maximum Gasteiger partial charge on any atom is 0.338 e. The van der Waals surface area contributed by atoms with Gasteiger partial charge in [-0.15, -0.1) is 0 Å². The molecule has 0 radical (unpaired) electrons. The van der Waals surface area contributed by atoms with Gasteiger partial charge in [-0.3, -0.25) is 0 Å². The Hall–Kier alpha value is -1.58. The summed E-state index contributed by atoms with van der Waals surface area (Å²) < 4.78 is 13.6. The number of rotatable bonds is 2. The number of aromatic carboxylic acids is 1. The first-order chi connectivity index (χ1) is 8.50. The predicted octanol–water partition coefficient (Wildman–Crippen LogP) is 4.50. The Morgan fingerprint density at radius 3 is 2.50 bits per heavy atom. The molecule has 2 nitrogen and oxygen atoms in total. The number of carboxylic acids is 1. The van der Waals surface area contributed by atoms with Crippen LogP contribution in [0.4, 0.5) is 4.39 Å². The molecule has 1 N–H and O–H groups in total. The van der Waals surface area contributed by atoms with Crippen LogP contribution in [0.15, 0.2) is 36.4 Å². The molecular formula is C13H7Cl2FO2. The van der Waals surface area contributed by atoms with Crippen LogP contribution in [0.3, 0.4) is 0 Å². The van der Waals surface area contributed by atoms with Gasteiger partial charge in [-0.1, -0.05) is 41.4 Å². The van der Waals surface area contributed by atoms with Crippen molar-refractivity contribution in [2.45, 2.75) is 0 Å². The summed E-state index contributed by atoms with van der Waals surface area (Å²) in [7, 11) is 0. The first-order valence-electron chi connectivity index (χ1n) is 4.98. The second-order valence-electron chi connectivity index (χ2n) is 3.60. The second kappa shape index (κ2) is 4.96. The van der Waals surface area contributed by atoms with Gasteiger partial charge in [0.2, 0.25) is 0 Å². The van der Waals surface area contributed by atoms with Gasteiger partial charge in [0.1, 0.15) is 5.82 Å². The summed E-state index contributed by atoms with van der Waals surface area (Å²) in [6.45, 7) is 0. The summed E-state index contributed by atoms with van der Waals surface area (Å²) in [6.07, 6.45) is 0. The van der Waals surface area contributed by atoms with E-state index < -0.39 is 11.8 Å². The monoisotopic (exact) mass is 284 g/mol. The SMILES string of the molecule is O=C(O)c1ccc(-c2cccc(Cl)c2Cl)cc1F. The fourth-order valence-corrected chi connectivity index (χ4v) is 1.99. The van der Waals surface area contributed by atoms with E-state index in [9.17, 15) is 9.18 Å². The van der Waals surface area contributed by atoms with E-state index in [-0.39, 0.29) is 5.56 Å². The van der Waals surface area contributed by atoms with E-state index in [1.54, 1.807) is 18.2 Å². The molecule has 0 aromatic heterocycles. The van der Waals surface area contributed by atoms with Gasteiger partial charge in [0.15, 0.2) is 0 Å². The summed E-state index contributed by atoms with van der Waals surface area (Å²) >= 11 is 11.9. The van der Waals surface area contributed by atoms with Crippen LogP contribution >= 0.6 is 23.2 Å². The van der Waals surface area contributed by atoms with Gasteiger partial charge < -0.3 is 5.11 Å². The van der Waals surface area contributed by atoms with Gasteiger partial charge in [0.05, 0.1) is 15.6 Å². The summed E-state index contributed by atoms with van der Waals surface area (Å²) in [5.41, 5.74) is 0.655. The lowest BCUT2D eigenvalue weighted by Crippen LogP contribution is -2.00. The molecule has 0 fully saturated rings. The molecule has 5 heteroatoms. The zero-order valence-electron chi connectivity index (χ0n) is 8.95. The third-order valence-corrected chi connectivity index (χ3v) is 3.28. The van der Waals surface area contributed by atoms with Gasteiger partial charge in [-0.05, 0) is 23.8 Å². The van der Waals surface area contributed by atoms with E-state index in [4.69, 9.17) is 28.3 Å². The van der Waals surface area contributed by atoms with Crippen molar-refractivity contribution in [3.8, 4) is 11.1 Å². The van der Waals surface area contributed by atoms with Crippen molar-refractivity contribution in [1.29, 1.82) is 0 Å². The van der Waals surface area contributed by atoms with Crippen molar-refractivity contribution in [1.82, 2.24) is 0 Å². The predicted molar refractivity (Wildman–Crippen MR) is 68.8 cm³/mol. The largest absolute Gasteiger partial charge is 0.478 e. The Morgan fingerprint density at radius 1 is 1.17 bits per heavy atom. The molecule has 18 heavy (non-hydrogen) atoms. The first kappa shape index (κ1) is 12.9. The fourth-order valence-electron chi connectivity index (χ4n) is 1.58. The van der Waals surface area contributed by atoms with Crippen molar-refractivity contribution >= 4 is 29.2 Å². The van der Waals surface area contributed by atoms with E-state index in [2.05, 4.69) is 0 Å². The summed E-state index contributed by atoms with van der Waals surface area (Å²) in [5.74, 6) is -2.12. The minimum Gasteiger partial charge on any atom is -0.478 e. The van der Waals surface area contributed by atoms with Crippen LogP contribution < -0.4 is 0 Å². The number of carbonyl (C=O) groups is 1. The Bertz CT molecular complexity index is 626. The third-order valence-electron chi connectivity index (χ3n) is 2.46. The summed E-state index contributed by atoms with van der Waals surface area (Å²) in [4.78, 5) is 10.7. The van der Waals surface area contributed by atoms with Gasteiger partial charge in [-0.2, -0.15) is 0 Å². The fraction of sp³-hybridized carbons (Fsp3) is 0. The molecule has 0 amide bonds. The molecule has 0 unspecified atom stereocenters. The highest BCUT2D eigenvalue weighted by Gasteiger charge is 2.13. The zero-order valence-corrected chi connectivity index (χ0v) is 10.5. The maximum atomic E-state index is 13.6. The van der Waals surface area contributed by atoms with Crippen LogP contribution in [-0.4, -0.2) is 11.1 Å².